The van der Waals surface area contributed by atoms with Gasteiger partial charge in [0.2, 0.25) is 5.91 Å². The number of ether oxygens (including phenoxy) is 1. The van der Waals surface area contributed by atoms with Crippen LogP contribution >= 0.6 is 11.3 Å². The predicted molar refractivity (Wildman–Crippen MR) is 83.3 cm³/mol. The lowest BCUT2D eigenvalue weighted by Crippen LogP contribution is -2.12. The Morgan fingerprint density at radius 1 is 1.40 bits per heavy atom. The van der Waals surface area contributed by atoms with Gasteiger partial charge in [-0.3, -0.25) is 4.79 Å². The lowest BCUT2D eigenvalue weighted by Gasteiger charge is -2.10. The van der Waals surface area contributed by atoms with E-state index in [2.05, 4.69) is 16.8 Å². The monoisotopic (exact) mass is 290 g/mol. The number of anilines is 2. The molecule has 0 fully saturated rings. The van der Waals surface area contributed by atoms with Crippen LogP contribution in [0, 0.1) is 0 Å². The molecule has 2 rings (SSSR count). The summed E-state index contributed by atoms with van der Waals surface area (Å²) in [6, 6.07) is 9.31. The minimum atomic E-state index is -0.00960. The molecule has 0 unspecified atom stereocenters. The Morgan fingerprint density at radius 2 is 2.25 bits per heavy atom. The van der Waals surface area contributed by atoms with Crippen LogP contribution in [-0.4, -0.2) is 13.0 Å². The number of hydrogen-bond donors (Lipinski definition) is 2. The Labute approximate surface area is 122 Å². The third-order valence-electron chi connectivity index (χ3n) is 2.91. The first-order valence-electron chi connectivity index (χ1n) is 6.45. The molecular formula is C15H18N2O2S. The van der Waals surface area contributed by atoms with Crippen LogP contribution in [0.15, 0.2) is 35.7 Å². The van der Waals surface area contributed by atoms with Crippen LogP contribution in [0.1, 0.15) is 17.7 Å². The van der Waals surface area contributed by atoms with E-state index in [1.54, 1.807) is 36.6 Å². The van der Waals surface area contributed by atoms with Gasteiger partial charge in [0, 0.05) is 23.1 Å². The maximum atomic E-state index is 11.9. The number of rotatable bonds is 6. The number of hydrogen-bond acceptors (Lipinski definition) is 4. The van der Waals surface area contributed by atoms with Crippen LogP contribution in [0.5, 0.6) is 5.75 Å². The summed E-state index contributed by atoms with van der Waals surface area (Å²) in [4.78, 5) is 13.2. The van der Waals surface area contributed by atoms with E-state index in [-0.39, 0.29) is 5.91 Å². The quantitative estimate of drug-likeness (QED) is 0.802. The largest absolute Gasteiger partial charge is 0.494 e. The summed E-state index contributed by atoms with van der Waals surface area (Å²) >= 11 is 1.72. The molecule has 0 atom stereocenters. The van der Waals surface area contributed by atoms with Gasteiger partial charge in [-0.1, -0.05) is 6.07 Å². The number of nitrogen functional groups attached to an aromatic ring is 1. The van der Waals surface area contributed by atoms with Gasteiger partial charge in [-0.2, -0.15) is 0 Å². The molecule has 106 valence electrons. The standard InChI is InChI=1S/C15H18N2O2S/c1-19-14-10-11(16)7-8-13(14)17-15(18)6-2-4-12-5-3-9-20-12/h3,5,7-10H,2,4,6,16H2,1H3,(H,17,18). The SMILES string of the molecule is COc1cc(N)ccc1NC(=O)CCCc1cccs1. The zero-order valence-electron chi connectivity index (χ0n) is 11.4. The fourth-order valence-corrected chi connectivity index (χ4v) is 2.65. The Hall–Kier alpha value is -2.01. The molecule has 0 bridgehead atoms. The van der Waals surface area contributed by atoms with E-state index in [0.29, 0.717) is 23.5 Å². The molecule has 2 aromatic rings. The second-order valence-corrected chi connectivity index (χ2v) is 5.47. The van der Waals surface area contributed by atoms with E-state index in [0.717, 1.165) is 12.8 Å². The van der Waals surface area contributed by atoms with Crippen molar-refractivity contribution in [3.05, 3.63) is 40.6 Å². The highest BCUT2D eigenvalue weighted by atomic mass is 32.1. The second kappa shape index (κ2) is 6.96. The molecule has 4 nitrogen and oxygen atoms in total. The molecule has 1 aromatic heterocycles. The molecule has 0 spiro atoms. The number of methoxy groups -OCH3 is 1. The van der Waals surface area contributed by atoms with Crippen molar-refractivity contribution >= 4 is 28.6 Å². The highest BCUT2D eigenvalue weighted by Gasteiger charge is 2.08. The van der Waals surface area contributed by atoms with Gasteiger partial charge in [0.25, 0.3) is 0 Å². The summed E-state index contributed by atoms with van der Waals surface area (Å²) in [6.07, 6.45) is 2.26. The maximum Gasteiger partial charge on any atom is 0.224 e. The molecule has 0 saturated heterocycles. The van der Waals surface area contributed by atoms with Crippen LogP contribution < -0.4 is 15.8 Å². The van der Waals surface area contributed by atoms with Gasteiger partial charge >= 0.3 is 0 Å². The molecule has 1 aromatic carbocycles. The van der Waals surface area contributed by atoms with Gasteiger partial charge in [0.1, 0.15) is 5.75 Å². The second-order valence-electron chi connectivity index (χ2n) is 4.44. The van der Waals surface area contributed by atoms with E-state index in [1.165, 1.54) is 4.88 Å². The minimum Gasteiger partial charge on any atom is -0.494 e. The average molecular weight is 290 g/mol. The molecule has 0 aliphatic carbocycles. The van der Waals surface area contributed by atoms with Crippen LogP contribution in [0.3, 0.4) is 0 Å². The predicted octanol–water partition coefficient (Wildman–Crippen LogP) is 3.30. The molecule has 0 saturated carbocycles. The van der Waals surface area contributed by atoms with E-state index >= 15 is 0 Å². The fraction of sp³-hybridized carbons (Fsp3) is 0.267. The molecule has 3 N–H and O–H groups in total. The Kier molecular flexibility index (Phi) is 5.01. The van der Waals surface area contributed by atoms with Crippen LogP contribution in [-0.2, 0) is 11.2 Å². The third-order valence-corrected chi connectivity index (χ3v) is 3.84. The van der Waals surface area contributed by atoms with Crippen molar-refractivity contribution in [3.63, 3.8) is 0 Å². The molecule has 20 heavy (non-hydrogen) atoms. The summed E-state index contributed by atoms with van der Waals surface area (Å²) in [5.74, 6) is 0.571. The van der Waals surface area contributed by atoms with Gasteiger partial charge in [-0.05, 0) is 36.4 Å². The number of thiophene rings is 1. The van der Waals surface area contributed by atoms with E-state index in [9.17, 15) is 4.79 Å². The fourth-order valence-electron chi connectivity index (χ4n) is 1.90. The van der Waals surface area contributed by atoms with Crippen molar-refractivity contribution in [2.24, 2.45) is 0 Å². The molecule has 1 amide bonds. The Balaban J connectivity index is 1.85. The first-order valence-corrected chi connectivity index (χ1v) is 7.33. The van der Waals surface area contributed by atoms with Crippen molar-refractivity contribution < 1.29 is 9.53 Å². The lowest BCUT2D eigenvalue weighted by atomic mass is 10.2. The van der Waals surface area contributed by atoms with E-state index < -0.39 is 0 Å². The molecule has 0 aliphatic rings. The third kappa shape index (κ3) is 3.99. The summed E-state index contributed by atoms with van der Waals surface area (Å²) in [5.41, 5.74) is 6.94. The van der Waals surface area contributed by atoms with Gasteiger partial charge in [-0.15, -0.1) is 11.3 Å². The van der Waals surface area contributed by atoms with Gasteiger partial charge < -0.3 is 15.8 Å². The zero-order valence-corrected chi connectivity index (χ0v) is 12.2. The average Bonchev–Trinajstić information content (AvgIpc) is 2.94. The first-order chi connectivity index (χ1) is 9.69. The van der Waals surface area contributed by atoms with Crippen molar-refractivity contribution in [2.45, 2.75) is 19.3 Å². The van der Waals surface area contributed by atoms with Gasteiger partial charge in [0.05, 0.1) is 12.8 Å². The van der Waals surface area contributed by atoms with E-state index in [1.807, 2.05) is 6.07 Å². The summed E-state index contributed by atoms with van der Waals surface area (Å²) in [5, 5.41) is 4.90. The molecular weight excluding hydrogens is 272 g/mol. The Bertz CT molecular complexity index is 567. The van der Waals surface area contributed by atoms with Crippen molar-refractivity contribution in [1.82, 2.24) is 0 Å². The van der Waals surface area contributed by atoms with Crippen LogP contribution in [0.25, 0.3) is 0 Å². The summed E-state index contributed by atoms with van der Waals surface area (Å²) < 4.78 is 5.20. The number of nitrogens with one attached hydrogen (secondary N) is 1. The van der Waals surface area contributed by atoms with Crippen molar-refractivity contribution in [2.75, 3.05) is 18.2 Å². The van der Waals surface area contributed by atoms with E-state index in [4.69, 9.17) is 10.5 Å². The summed E-state index contributed by atoms with van der Waals surface area (Å²) in [7, 11) is 1.56. The molecule has 0 aliphatic heterocycles. The highest BCUT2D eigenvalue weighted by molar-refractivity contribution is 7.09. The smallest absolute Gasteiger partial charge is 0.224 e. The number of nitrogens with two attached hydrogens (primary N) is 1. The molecule has 5 heteroatoms. The molecule has 0 radical (unpaired) electrons. The minimum absolute atomic E-state index is 0.00960. The number of carbonyl (C=O) groups excluding carboxylic acids is 1. The normalized spacial score (nSPS) is 10.2. The number of carbonyl (C=O) groups is 1. The maximum absolute atomic E-state index is 11.9. The van der Waals surface area contributed by atoms with Crippen molar-refractivity contribution in [1.29, 1.82) is 0 Å². The molecule has 1 heterocycles. The van der Waals surface area contributed by atoms with Crippen LogP contribution in [0.2, 0.25) is 0 Å². The van der Waals surface area contributed by atoms with Crippen molar-refractivity contribution in [3.8, 4) is 5.75 Å². The number of benzene rings is 1. The van der Waals surface area contributed by atoms with Gasteiger partial charge in [-0.25, -0.2) is 0 Å². The summed E-state index contributed by atoms with van der Waals surface area (Å²) in [6.45, 7) is 0. The lowest BCUT2D eigenvalue weighted by molar-refractivity contribution is -0.116. The zero-order chi connectivity index (χ0) is 14.4. The Morgan fingerprint density at radius 3 is 2.95 bits per heavy atom. The number of aryl methyl sites for hydroxylation is 1. The highest BCUT2D eigenvalue weighted by Crippen LogP contribution is 2.26. The van der Waals surface area contributed by atoms with Crippen LogP contribution in [0.4, 0.5) is 11.4 Å². The number of amides is 1. The first kappa shape index (κ1) is 14.4. The van der Waals surface area contributed by atoms with Gasteiger partial charge in [0.15, 0.2) is 0 Å². The topological polar surface area (TPSA) is 64.3 Å².